The third-order valence-electron chi connectivity index (χ3n) is 6.45. The van der Waals surface area contributed by atoms with E-state index in [-0.39, 0.29) is 11.9 Å². The van der Waals surface area contributed by atoms with Gasteiger partial charge in [-0.15, -0.1) is 0 Å². The second-order valence-electron chi connectivity index (χ2n) is 8.15. The van der Waals surface area contributed by atoms with Gasteiger partial charge in [0.25, 0.3) is 5.91 Å². The van der Waals surface area contributed by atoms with Gasteiger partial charge in [-0.3, -0.25) is 4.79 Å². The van der Waals surface area contributed by atoms with Gasteiger partial charge < -0.3 is 19.4 Å². The summed E-state index contributed by atoms with van der Waals surface area (Å²) in [5, 5.41) is 2.29. The van der Waals surface area contributed by atoms with Crippen LogP contribution >= 0.6 is 0 Å². The number of quaternary nitrogens is 1. The van der Waals surface area contributed by atoms with Crippen LogP contribution in [0, 0.1) is 0 Å². The molecule has 5 nitrogen and oxygen atoms in total. The van der Waals surface area contributed by atoms with Crippen LogP contribution in [-0.2, 0) is 4.79 Å². The minimum absolute atomic E-state index is 0.0774. The number of likely N-dealkylation sites (N-methyl/N-ethyl adjacent to an activating group) is 1. The summed E-state index contributed by atoms with van der Waals surface area (Å²) >= 11 is 0. The summed E-state index contributed by atoms with van der Waals surface area (Å²) in [4.78, 5) is 19.2. The fourth-order valence-corrected chi connectivity index (χ4v) is 4.59. The van der Waals surface area contributed by atoms with Gasteiger partial charge in [0.15, 0.2) is 6.04 Å². The first kappa shape index (κ1) is 21.2. The van der Waals surface area contributed by atoms with Crippen molar-refractivity contribution < 1.29 is 14.4 Å². The first-order valence-electron chi connectivity index (χ1n) is 11.1. The van der Waals surface area contributed by atoms with Crippen LogP contribution in [0.15, 0.2) is 66.7 Å². The molecule has 1 atom stereocenters. The zero-order valence-electron chi connectivity index (χ0n) is 18.7. The highest BCUT2D eigenvalue weighted by atomic mass is 16.5. The lowest BCUT2D eigenvalue weighted by atomic mass is 10.1. The zero-order valence-corrected chi connectivity index (χ0v) is 18.7. The van der Waals surface area contributed by atoms with Gasteiger partial charge in [-0.1, -0.05) is 42.5 Å². The highest BCUT2D eigenvalue weighted by Crippen LogP contribution is 2.27. The molecule has 0 unspecified atom stereocenters. The molecule has 31 heavy (non-hydrogen) atoms. The molecular weight excluding hydrogens is 386 g/mol. The van der Waals surface area contributed by atoms with Gasteiger partial charge in [0.05, 0.1) is 39.0 Å². The minimum Gasteiger partial charge on any atom is -0.497 e. The fraction of sp³-hybridized carbons (Fsp3) is 0.346. The Morgan fingerprint density at radius 2 is 1.77 bits per heavy atom. The summed E-state index contributed by atoms with van der Waals surface area (Å²) in [6, 6.07) is 22.6. The minimum atomic E-state index is -0.0774. The van der Waals surface area contributed by atoms with E-state index in [9.17, 15) is 4.79 Å². The number of piperazine rings is 1. The molecule has 4 rings (SSSR count). The Hall–Kier alpha value is -3.05. The molecule has 1 saturated heterocycles. The van der Waals surface area contributed by atoms with E-state index in [1.807, 2.05) is 35.2 Å². The van der Waals surface area contributed by atoms with E-state index in [0.717, 1.165) is 48.4 Å². The third kappa shape index (κ3) is 4.37. The van der Waals surface area contributed by atoms with Gasteiger partial charge in [0.1, 0.15) is 5.75 Å². The molecule has 0 saturated carbocycles. The maximum Gasteiger partial charge on any atom is 0.284 e. The summed E-state index contributed by atoms with van der Waals surface area (Å²) < 4.78 is 5.37. The SMILES string of the molecule is CCN(C(=O)[C@H](C)[NH+]1CCN(c2cccc(OC)c2)CC1)c1cccc2ccccc12. The molecule has 1 aliphatic rings. The number of fused-ring (bicyclic) bond motifs is 1. The monoisotopic (exact) mass is 418 g/mol. The largest absolute Gasteiger partial charge is 0.497 e. The molecule has 5 heteroatoms. The number of nitrogens with zero attached hydrogens (tertiary/aromatic N) is 2. The molecule has 3 aromatic rings. The Bertz CT molecular complexity index is 1040. The second-order valence-corrected chi connectivity index (χ2v) is 8.15. The summed E-state index contributed by atoms with van der Waals surface area (Å²) in [5.41, 5.74) is 2.19. The Kier molecular flexibility index (Phi) is 6.42. The molecular formula is C26H32N3O2+. The summed E-state index contributed by atoms with van der Waals surface area (Å²) in [6.45, 7) is 8.55. The smallest absolute Gasteiger partial charge is 0.284 e. The molecule has 0 radical (unpaired) electrons. The molecule has 1 heterocycles. The molecule has 0 aliphatic carbocycles. The van der Waals surface area contributed by atoms with Gasteiger partial charge in [-0.25, -0.2) is 0 Å². The van der Waals surface area contributed by atoms with Crippen LogP contribution in [0.2, 0.25) is 0 Å². The lowest BCUT2D eigenvalue weighted by Crippen LogP contribution is -3.19. The number of benzene rings is 3. The van der Waals surface area contributed by atoms with Gasteiger partial charge in [0, 0.05) is 23.7 Å². The quantitative estimate of drug-likeness (QED) is 0.669. The summed E-state index contributed by atoms with van der Waals surface area (Å²) in [7, 11) is 1.70. The van der Waals surface area contributed by atoms with Crippen LogP contribution in [0.3, 0.4) is 0 Å². The molecule has 1 N–H and O–H groups in total. The van der Waals surface area contributed by atoms with E-state index in [0.29, 0.717) is 6.54 Å². The highest BCUT2D eigenvalue weighted by Gasteiger charge is 2.32. The van der Waals surface area contributed by atoms with Crippen molar-refractivity contribution in [2.24, 2.45) is 0 Å². The van der Waals surface area contributed by atoms with Crippen LogP contribution in [0.4, 0.5) is 11.4 Å². The summed E-state index contributed by atoms with van der Waals surface area (Å²) in [6.07, 6.45) is 0. The van der Waals surface area contributed by atoms with Crippen molar-refractivity contribution in [2.45, 2.75) is 19.9 Å². The number of methoxy groups -OCH3 is 1. The van der Waals surface area contributed by atoms with Gasteiger partial charge in [-0.2, -0.15) is 0 Å². The van der Waals surface area contributed by atoms with E-state index < -0.39 is 0 Å². The van der Waals surface area contributed by atoms with Crippen molar-refractivity contribution in [3.63, 3.8) is 0 Å². The topological polar surface area (TPSA) is 37.2 Å². The van der Waals surface area contributed by atoms with Crippen LogP contribution < -0.4 is 19.4 Å². The highest BCUT2D eigenvalue weighted by molar-refractivity contribution is 6.04. The van der Waals surface area contributed by atoms with Gasteiger partial charge >= 0.3 is 0 Å². The molecule has 1 fully saturated rings. The lowest BCUT2D eigenvalue weighted by Gasteiger charge is -2.37. The number of carbonyl (C=O) groups excluding carboxylic acids is 1. The number of hydrogen-bond acceptors (Lipinski definition) is 3. The van der Waals surface area contributed by atoms with Crippen LogP contribution in [0.1, 0.15) is 13.8 Å². The van der Waals surface area contributed by atoms with Crippen molar-refractivity contribution in [3.8, 4) is 5.75 Å². The third-order valence-corrected chi connectivity index (χ3v) is 6.45. The van der Waals surface area contributed by atoms with E-state index in [2.05, 4.69) is 55.1 Å². The van der Waals surface area contributed by atoms with E-state index in [4.69, 9.17) is 4.74 Å². The molecule has 3 aromatic carbocycles. The van der Waals surface area contributed by atoms with Gasteiger partial charge in [0.2, 0.25) is 0 Å². The number of anilines is 2. The zero-order chi connectivity index (χ0) is 21.8. The maximum absolute atomic E-state index is 13.5. The first-order valence-corrected chi connectivity index (χ1v) is 11.1. The number of rotatable bonds is 6. The van der Waals surface area contributed by atoms with Crippen molar-refractivity contribution in [1.82, 2.24) is 0 Å². The van der Waals surface area contributed by atoms with E-state index >= 15 is 0 Å². The molecule has 0 bridgehead atoms. The van der Waals surface area contributed by atoms with Crippen molar-refractivity contribution in [1.29, 1.82) is 0 Å². The Balaban J connectivity index is 1.46. The van der Waals surface area contributed by atoms with Crippen LogP contribution in [0.25, 0.3) is 10.8 Å². The number of nitrogens with one attached hydrogen (secondary N) is 1. The predicted octanol–water partition coefficient (Wildman–Crippen LogP) is 2.99. The van der Waals surface area contributed by atoms with Crippen molar-refractivity contribution >= 4 is 28.1 Å². The maximum atomic E-state index is 13.5. The van der Waals surface area contributed by atoms with E-state index in [1.54, 1.807) is 7.11 Å². The van der Waals surface area contributed by atoms with Crippen molar-refractivity contribution in [2.75, 3.05) is 49.6 Å². The second kappa shape index (κ2) is 9.40. The molecule has 1 aliphatic heterocycles. The molecule has 0 spiro atoms. The number of ether oxygens (including phenoxy) is 1. The average Bonchev–Trinajstić information content (AvgIpc) is 2.84. The van der Waals surface area contributed by atoms with Crippen molar-refractivity contribution in [3.05, 3.63) is 66.7 Å². The molecule has 162 valence electrons. The number of carbonyl (C=O) groups is 1. The lowest BCUT2D eigenvalue weighted by molar-refractivity contribution is -0.914. The Morgan fingerprint density at radius 1 is 1.06 bits per heavy atom. The normalized spacial score (nSPS) is 15.6. The fourth-order valence-electron chi connectivity index (χ4n) is 4.59. The predicted molar refractivity (Wildman–Crippen MR) is 127 cm³/mol. The van der Waals surface area contributed by atoms with E-state index in [1.165, 1.54) is 10.6 Å². The number of amides is 1. The molecule has 0 aromatic heterocycles. The summed E-state index contributed by atoms with van der Waals surface area (Å²) in [5.74, 6) is 1.08. The average molecular weight is 419 g/mol. The van der Waals surface area contributed by atoms with Crippen LogP contribution in [-0.4, -0.2) is 51.8 Å². The number of hydrogen-bond donors (Lipinski definition) is 1. The van der Waals surface area contributed by atoms with Gasteiger partial charge in [-0.05, 0) is 37.4 Å². The first-order chi connectivity index (χ1) is 15.1. The Morgan fingerprint density at radius 3 is 2.52 bits per heavy atom. The molecule has 1 amide bonds. The standard InChI is InChI=1S/C26H31N3O2/c1-4-29(25-14-7-10-21-9-5-6-13-24(21)25)26(30)20(2)27-15-17-28(18-16-27)22-11-8-12-23(19-22)31-3/h5-14,19-20H,4,15-18H2,1-3H3/p+1/t20-/m0/s1. The Labute approximate surface area is 184 Å². The van der Waals surface area contributed by atoms with Crippen LogP contribution in [0.5, 0.6) is 5.75 Å².